The Morgan fingerprint density at radius 1 is 0.504 bits per heavy atom. The quantitative estimate of drug-likeness (QED) is 0.0171. The Hall–Kier alpha value is -14.4. The summed E-state index contributed by atoms with van der Waals surface area (Å²) in [5.41, 5.74) is 22.4. The number of carbonyl (C=O) groups excluding carboxylic acids is 4. The van der Waals surface area contributed by atoms with Crippen molar-refractivity contribution in [3.8, 4) is 63.2 Å². The van der Waals surface area contributed by atoms with Crippen LogP contribution >= 0.6 is 11.6 Å². The van der Waals surface area contributed by atoms with Gasteiger partial charge in [-0.05, 0) is 179 Å². The first-order valence-corrected chi connectivity index (χ1v) is 38.1. The van der Waals surface area contributed by atoms with Crippen molar-refractivity contribution in [1.29, 1.82) is 15.8 Å². The van der Waals surface area contributed by atoms with E-state index in [0.29, 0.717) is 64.7 Å². The number of halogens is 4. The van der Waals surface area contributed by atoms with Crippen LogP contribution in [-0.2, 0) is 32.0 Å². The number of carbonyl (C=O) groups is 5. The van der Waals surface area contributed by atoms with E-state index in [0.717, 1.165) is 84.1 Å². The molecular formula is C86H99ClF3LiN24O12. The van der Waals surface area contributed by atoms with E-state index in [1.165, 1.54) is 33.7 Å². The summed E-state index contributed by atoms with van der Waals surface area (Å²) in [6, 6.07) is 34.4. The number of anilines is 7. The molecule has 0 aliphatic rings. The Bertz CT molecular complexity index is 5710. The molecule has 0 spiro atoms. The predicted octanol–water partition coefficient (Wildman–Crippen LogP) is 12.7. The normalized spacial score (nSPS) is 10.6. The number of hydrogen-bond acceptors (Lipinski definition) is 30. The first kappa shape index (κ1) is 107. The zero-order valence-electron chi connectivity index (χ0n) is 73.3. The minimum Gasteiger partial charge on any atom is -0.870 e. The number of aryl methyl sites for hydroxylation is 4. The van der Waals surface area contributed by atoms with Crippen molar-refractivity contribution < 1.29 is 91.0 Å². The van der Waals surface area contributed by atoms with Gasteiger partial charge in [-0.2, -0.15) is 54.0 Å². The minimum absolute atomic E-state index is 0. The first-order valence-electron chi connectivity index (χ1n) is 37.7. The van der Waals surface area contributed by atoms with Gasteiger partial charge in [-0.1, -0.05) is 55.5 Å². The fraction of sp³-hybridized carbons (Fsp3) is 0.302. The molecule has 36 nitrogen and oxygen atoms in total. The molecule has 0 amide bonds. The van der Waals surface area contributed by atoms with Crippen molar-refractivity contribution in [2.24, 2.45) is 22.0 Å². The number of nitriles is 3. The smallest absolute Gasteiger partial charge is 0.870 e. The molecule has 8 heterocycles. The van der Waals surface area contributed by atoms with E-state index in [9.17, 15) is 42.4 Å². The molecule has 0 fully saturated rings. The number of ether oxygens (including phenoxy) is 4. The van der Waals surface area contributed by atoms with Gasteiger partial charge in [-0.25, -0.2) is 63.8 Å². The van der Waals surface area contributed by atoms with Gasteiger partial charge in [0.25, 0.3) is 0 Å². The third-order valence-electron chi connectivity index (χ3n) is 16.9. The molecule has 41 heteroatoms. The Balaban J connectivity index is 0.000000400. The van der Waals surface area contributed by atoms with E-state index in [1.54, 1.807) is 159 Å². The van der Waals surface area contributed by atoms with Crippen LogP contribution in [-0.4, -0.2) is 165 Å². The van der Waals surface area contributed by atoms with Crippen LogP contribution in [0.4, 0.5) is 58.6 Å². The average Bonchev–Trinajstić information content (AvgIpc) is 1.35. The van der Waals surface area contributed by atoms with E-state index in [1.807, 2.05) is 107 Å². The van der Waals surface area contributed by atoms with E-state index in [-0.39, 0.29) is 64.0 Å². The summed E-state index contributed by atoms with van der Waals surface area (Å²) >= 11 is 5.77. The van der Waals surface area contributed by atoms with E-state index in [4.69, 9.17) is 47.2 Å². The predicted molar refractivity (Wildman–Crippen MR) is 465 cm³/mol. The zero-order valence-corrected chi connectivity index (χ0v) is 74.0. The van der Waals surface area contributed by atoms with Gasteiger partial charge in [0.1, 0.15) is 5.60 Å². The van der Waals surface area contributed by atoms with Crippen LogP contribution in [0.3, 0.4) is 0 Å². The van der Waals surface area contributed by atoms with Gasteiger partial charge < -0.3 is 62.4 Å². The topological polar surface area (TPSA) is 549 Å². The summed E-state index contributed by atoms with van der Waals surface area (Å²) in [6.45, 7) is 26.1. The number of carboxylic acids is 1. The molecule has 0 aliphatic carbocycles. The molecule has 12 N–H and O–H groups in total. The molecule has 4 aromatic carbocycles. The number of nitrogen functional groups attached to an aromatic ring is 1. The fourth-order valence-electron chi connectivity index (χ4n) is 9.95. The van der Waals surface area contributed by atoms with Crippen LogP contribution < -0.4 is 46.3 Å². The standard InChI is InChI=1S/C21H22N6O2.C20H20N6O2.C16H15N5O2.C13H11ClN2O2.C8H13N3O2.C6H11N.C2H4F3N.Li.2H2O/c1-14-9-23-20(25-17-10-24-27(11-17)13-21(2,3)12-22)26-18(14)15-5-7-16(8-6-15)19(28)29-4;1-13-8-22-19(24-16-9-23-26(10-16)12-20(2,3)11-21)25-17(13)14-4-6-15(7-5-14)18(27)28;1-10-7-17-16(20-13-8-18-19-9-13)21-14(10)11-3-5-12(6-4-11)15(22)23-2;1-8-7-15-13(14)16-11(8)9-3-5-10(6-4-9)12(17)18-2;1-8(2,3)13-7(12)11-5-6(9)4-10-11;1-4-6(2,3)5-7;3-2(4,5)1-6;;;/h5-11H,13H2,1-4H3,(H,23,25,26);4-10H,12H2,1-3H3,(H,27,28)(H,22,24,25);3-9H,1-2H3,(H,18,19)(H,17,20,21);3-7H,1-2H3;4-5H,9H2,1-3H3;4H2,1-3H3;1,6H2;;2*1H2/q;;;;;;;+1;;/p-1. The SMILES string of the molecule is CC(C)(C)OC(=O)n1cc(N)cn1.CCC(C)(C)C#N.COC(=O)c1ccc(-c2nc(Cl)ncc2C)cc1.COC(=O)c1ccc(-c2nc(Nc3cn[nH]c3)ncc2C)cc1.COC(=O)c1ccc(-c2nc(Nc3cnn(CC(C)(C)C#N)c3)ncc2C)cc1.Cc1cnc(Nc2cnn(CC(C)(C)C#N)c2)nc1-c1ccc(C(=O)O)cc1.NCC(F)(F)F.O.[Li+].[OH-]. The zero-order chi connectivity index (χ0) is 91.9. The molecule has 0 atom stereocenters. The molecule has 12 aromatic rings. The third-order valence-corrected chi connectivity index (χ3v) is 17.0. The number of H-pyrrole nitrogens is 1. The maximum atomic E-state index is 11.6. The molecule has 0 radical (unpaired) electrons. The maximum Gasteiger partial charge on any atom is 1.00 e. The Morgan fingerprint density at radius 2 is 0.835 bits per heavy atom. The summed E-state index contributed by atoms with van der Waals surface area (Å²) < 4.78 is 55.6. The van der Waals surface area contributed by atoms with Gasteiger partial charge >= 0.3 is 55.0 Å². The average molecular weight is 1760 g/mol. The number of methoxy groups -OCH3 is 3. The first-order chi connectivity index (χ1) is 58.4. The van der Waals surface area contributed by atoms with Crippen LogP contribution in [0.5, 0.6) is 0 Å². The monoisotopic (exact) mass is 1760 g/mol. The van der Waals surface area contributed by atoms with Crippen molar-refractivity contribution >= 4 is 82.2 Å². The molecule has 0 bridgehead atoms. The number of carboxylic acid groups (broad SMARTS) is 1. The summed E-state index contributed by atoms with van der Waals surface area (Å²) in [6.07, 6.45) is 16.2. The van der Waals surface area contributed by atoms with Gasteiger partial charge in [0.15, 0.2) is 0 Å². The molecule has 8 aromatic heterocycles. The second kappa shape index (κ2) is 49.2. The number of nitrogens with one attached hydrogen (secondary N) is 4. The Labute approximate surface area is 748 Å². The number of nitrogens with two attached hydrogens (primary N) is 2. The molecule has 0 saturated heterocycles. The van der Waals surface area contributed by atoms with Crippen molar-refractivity contribution in [2.75, 3.05) is 49.6 Å². The molecule has 0 unspecified atom stereocenters. The van der Waals surface area contributed by atoms with Crippen LogP contribution in [0.2, 0.25) is 5.28 Å². The summed E-state index contributed by atoms with van der Waals surface area (Å²) in [5.74, 6) is -0.759. The third kappa shape index (κ3) is 35.0. The van der Waals surface area contributed by atoms with E-state index < -0.39 is 41.2 Å². The number of aromatic carboxylic acids is 1. The number of benzene rings is 4. The molecule has 127 heavy (non-hydrogen) atoms. The minimum atomic E-state index is -4.18. The number of rotatable bonds is 19. The van der Waals surface area contributed by atoms with Crippen LogP contribution in [0.1, 0.15) is 139 Å². The Morgan fingerprint density at radius 3 is 1.11 bits per heavy atom. The number of hydrogen-bond donors (Lipinski definition) is 7. The molecule has 664 valence electrons. The van der Waals surface area contributed by atoms with Crippen LogP contribution in [0.15, 0.2) is 171 Å². The van der Waals surface area contributed by atoms with Gasteiger partial charge in [-0.3, -0.25) is 14.5 Å². The maximum absolute atomic E-state index is 11.6. The Kier molecular flexibility index (Phi) is 41.4. The number of nitrogens with zero attached hydrogens (tertiary/aromatic N) is 18. The fourth-order valence-corrected chi connectivity index (χ4v) is 10.1. The number of alkyl halides is 3. The van der Waals surface area contributed by atoms with Crippen LogP contribution in [0.25, 0.3) is 45.0 Å². The number of aromatic nitrogens is 16. The molecule has 0 saturated carbocycles. The van der Waals surface area contributed by atoms with Gasteiger partial charge in [-0.15, -0.1) is 0 Å². The van der Waals surface area contributed by atoms with Gasteiger partial charge in [0, 0.05) is 65.6 Å². The van der Waals surface area contributed by atoms with Crippen molar-refractivity contribution in [3.05, 3.63) is 221 Å². The van der Waals surface area contributed by atoms with Crippen molar-refractivity contribution in [3.63, 3.8) is 0 Å². The molecular weight excluding hydrogens is 1660 g/mol. The molecule has 12 rings (SSSR count). The van der Waals surface area contributed by atoms with Gasteiger partial charge in [0.05, 0.1) is 174 Å². The van der Waals surface area contributed by atoms with Crippen LogP contribution in [0, 0.1) is 77.9 Å². The number of aromatic amines is 1. The summed E-state index contributed by atoms with van der Waals surface area (Å²) in [7, 11) is 4.06. The summed E-state index contributed by atoms with van der Waals surface area (Å²) in [5, 5.41) is 64.1. The second-order valence-corrected chi connectivity index (χ2v) is 30.3. The molecule has 0 aliphatic heterocycles. The van der Waals surface area contributed by atoms with Crippen molar-refractivity contribution in [1.82, 2.24) is 79.4 Å². The van der Waals surface area contributed by atoms with E-state index in [2.05, 4.69) is 110 Å². The second-order valence-electron chi connectivity index (χ2n) is 30.0. The van der Waals surface area contributed by atoms with Gasteiger partial charge in [0.2, 0.25) is 23.1 Å². The largest absolute Gasteiger partial charge is 1.00 e. The van der Waals surface area contributed by atoms with E-state index >= 15 is 0 Å². The van der Waals surface area contributed by atoms with Crippen molar-refractivity contribution in [2.45, 2.75) is 128 Å². The number of esters is 3. The summed E-state index contributed by atoms with van der Waals surface area (Å²) in [4.78, 5) is 91.4.